The number of hydrogen-bond acceptors (Lipinski definition) is 3. The standard InChI is InChI=1S/C11H18N4O/c1-5-6-15(11(2,3)4)10(16)8-7-9(12)14-13-8/h5,7H,1,6H2,2-4H3,(H3,12,13,14). The highest BCUT2D eigenvalue weighted by Crippen LogP contribution is 2.16. The maximum absolute atomic E-state index is 12.1. The molecule has 0 saturated heterocycles. The van der Waals surface area contributed by atoms with Crippen LogP contribution >= 0.6 is 0 Å². The van der Waals surface area contributed by atoms with Gasteiger partial charge in [-0.1, -0.05) is 6.08 Å². The fourth-order valence-electron chi connectivity index (χ4n) is 1.38. The van der Waals surface area contributed by atoms with Crippen molar-refractivity contribution < 1.29 is 4.79 Å². The van der Waals surface area contributed by atoms with Gasteiger partial charge in [-0.3, -0.25) is 9.89 Å². The Kier molecular flexibility index (Phi) is 3.37. The van der Waals surface area contributed by atoms with Crippen molar-refractivity contribution in [3.05, 3.63) is 24.4 Å². The number of amides is 1. The van der Waals surface area contributed by atoms with Gasteiger partial charge in [0.05, 0.1) is 0 Å². The van der Waals surface area contributed by atoms with E-state index in [1.807, 2.05) is 20.8 Å². The quantitative estimate of drug-likeness (QED) is 0.759. The highest BCUT2D eigenvalue weighted by atomic mass is 16.2. The van der Waals surface area contributed by atoms with Crippen LogP contribution in [0.25, 0.3) is 0 Å². The number of rotatable bonds is 3. The highest BCUT2D eigenvalue weighted by molar-refractivity contribution is 5.93. The number of anilines is 1. The van der Waals surface area contributed by atoms with E-state index < -0.39 is 0 Å². The van der Waals surface area contributed by atoms with E-state index in [4.69, 9.17) is 5.73 Å². The molecule has 0 aliphatic heterocycles. The largest absolute Gasteiger partial charge is 0.382 e. The van der Waals surface area contributed by atoms with Crippen molar-refractivity contribution in [2.24, 2.45) is 0 Å². The van der Waals surface area contributed by atoms with Crippen molar-refractivity contribution >= 4 is 11.7 Å². The Hall–Kier alpha value is -1.78. The van der Waals surface area contributed by atoms with Crippen LogP contribution in [0.1, 0.15) is 31.3 Å². The number of nitrogens with zero attached hydrogens (tertiary/aromatic N) is 2. The summed E-state index contributed by atoms with van der Waals surface area (Å²) in [6.45, 7) is 10.0. The first-order chi connectivity index (χ1) is 7.36. The minimum absolute atomic E-state index is 0.128. The van der Waals surface area contributed by atoms with Gasteiger partial charge < -0.3 is 10.6 Å². The summed E-state index contributed by atoms with van der Waals surface area (Å²) >= 11 is 0. The van der Waals surface area contributed by atoms with Crippen molar-refractivity contribution in [2.45, 2.75) is 26.3 Å². The lowest BCUT2D eigenvalue weighted by molar-refractivity contribution is 0.0610. The van der Waals surface area contributed by atoms with Gasteiger partial charge in [0, 0.05) is 18.2 Å². The second kappa shape index (κ2) is 4.38. The third kappa shape index (κ3) is 2.62. The number of nitrogen functional groups attached to an aromatic ring is 1. The maximum Gasteiger partial charge on any atom is 0.272 e. The third-order valence-corrected chi connectivity index (χ3v) is 2.19. The van der Waals surface area contributed by atoms with E-state index in [1.54, 1.807) is 11.0 Å². The molecule has 0 aliphatic rings. The number of aromatic nitrogens is 2. The number of nitrogens with one attached hydrogen (secondary N) is 1. The van der Waals surface area contributed by atoms with Crippen LogP contribution in [0.2, 0.25) is 0 Å². The number of nitrogens with two attached hydrogens (primary N) is 1. The number of carbonyl (C=O) groups excluding carboxylic acids is 1. The molecule has 0 saturated carbocycles. The first-order valence-electron chi connectivity index (χ1n) is 5.10. The Morgan fingerprint density at radius 3 is 2.69 bits per heavy atom. The summed E-state index contributed by atoms with van der Waals surface area (Å²) in [7, 11) is 0. The molecule has 0 aromatic carbocycles. The minimum Gasteiger partial charge on any atom is -0.382 e. The summed E-state index contributed by atoms with van der Waals surface area (Å²) < 4.78 is 0. The molecule has 0 fully saturated rings. The SMILES string of the molecule is C=CCN(C(=O)c1cc(N)n[nH]1)C(C)(C)C. The molecule has 5 heteroatoms. The van der Waals surface area contributed by atoms with Gasteiger partial charge in [0.15, 0.2) is 0 Å². The summed E-state index contributed by atoms with van der Waals surface area (Å²) in [5.41, 5.74) is 5.59. The van der Waals surface area contributed by atoms with E-state index in [2.05, 4.69) is 16.8 Å². The molecule has 0 aliphatic carbocycles. The Balaban J connectivity index is 2.96. The zero-order valence-electron chi connectivity index (χ0n) is 9.95. The molecular formula is C11H18N4O. The van der Waals surface area contributed by atoms with E-state index in [1.165, 1.54) is 6.07 Å². The van der Waals surface area contributed by atoms with Gasteiger partial charge in [0.1, 0.15) is 11.5 Å². The van der Waals surface area contributed by atoms with Gasteiger partial charge in [0.25, 0.3) is 5.91 Å². The topological polar surface area (TPSA) is 75.0 Å². The van der Waals surface area contributed by atoms with E-state index in [0.29, 0.717) is 18.1 Å². The summed E-state index contributed by atoms with van der Waals surface area (Å²) in [5, 5.41) is 6.36. The van der Waals surface area contributed by atoms with Gasteiger partial charge in [0.2, 0.25) is 0 Å². The summed E-state index contributed by atoms with van der Waals surface area (Å²) in [6.07, 6.45) is 1.70. The van der Waals surface area contributed by atoms with Gasteiger partial charge >= 0.3 is 0 Å². The molecule has 16 heavy (non-hydrogen) atoms. The zero-order valence-corrected chi connectivity index (χ0v) is 9.95. The third-order valence-electron chi connectivity index (χ3n) is 2.19. The molecular weight excluding hydrogens is 204 g/mol. The highest BCUT2D eigenvalue weighted by Gasteiger charge is 2.27. The molecule has 88 valence electrons. The second-order valence-electron chi connectivity index (χ2n) is 4.58. The summed E-state index contributed by atoms with van der Waals surface area (Å²) in [4.78, 5) is 13.8. The van der Waals surface area contributed by atoms with Crippen LogP contribution in [0, 0.1) is 0 Å². The molecule has 1 amide bonds. The monoisotopic (exact) mass is 222 g/mol. The van der Waals surface area contributed by atoms with Crippen molar-refractivity contribution in [1.82, 2.24) is 15.1 Å². The molecule has 0 atom stereocenters. The molecule has 5 nitrogen and oxygen atoms in total. The van der Waals surface area contributed by atoms with E-state index in [9.17, 15) is 4.79 Å². The second-order valence-corrected chi connectivity index (χ2v) is 4.58. The predicted octanol–water partition coefficient (Wildman–Crippen LogP) is 1.42. The Bertz CT molecular complexity index is 389. The van der Waals surface area contributed by atoms with Crippen LogP contribution in [-0.2, 0) is 0 Å². The van der Waals surface area contributed by atoms with E-state index in [-0.39, 0.29) is 11.4 Å². The van der Waals surface area contributed by atoms with Crippen molar-refractivity contribution in [3.8, 4) is 0 Å². The normalized spacial score (nSPS) is 11.2. The van der Waals surface area contributed by atoms with Crippen LogP contribution in [0.5, 0.6) is 0 Å². The van der Waals surface area contributed by atoms with Gasteiger partial charge in [-0.2, -0.15) is 5.10 Å². The fourth-order valence-corrected chi connectivity index (χ4v) is 1.38. The summed E-state index contributed by atoms with van der Waals surface area (Å²) in [5.74, 6) is 0.187. The molecule has 0 radical (unpaired) electrons. The average molecular weight is 222 g/mol. The lowest BCUT2D eigenvalue weighted by Gasteiger charge is -2.34. The molecule has 3 N–H and O–H groups in total. The van der Waals surface area contributed by atoms with Crippen LogP contribution < -0.4 is 5.73 Å². The lowest BCUT2D eigenvalue weighted by atomic mass is 10.1. The molecule has 1 rings (SSSR count). The smallest absolute Gasteiger partial charge is 0.272 e. The van der Waals surface area contributed by atoms with E-state index in [0.717, 1.165) is 0 Å². The number of H-pyrrole nitrogens is 1. The van der Waals surface area contributed by atoms with Crippen molar-refractivity contribution in [3.63, 3.8) is 0 Å². The minimum atomic E-state index is -0.273. The Morgan fingerprint density at radius 2 is 2.31 bits per heavy atom. The number of aromatic amines is 1. The van der Waals surface area contributed by atoms with Gasteiger partial charge in [-0.25, -0.2) is 0 Å². The first kappa shape index (κ1) is 12.3. The Labute approximate surface area is 95.3 Å². The van der Waals surface area contributed by atoms with E-state index >= 15 is 0 Å². The average Bonchev–Trinajstić information content (AvgIpc) is 2.58. The maximum atomic E-state index is 12.1. The predicted molar refractivity (Wildman–Crippen MR) is 64.0 cm³/mol. The molecule has 0 bridgehead atoms. The van der Waals surface area contributed by atoms with Crippen LogP contribution in [0.3, 0.4) is 0 Å². The molecule has 1 heterocycles. The summed E-state index contributed by atoms with van der Waals surface area (Å²) in [6, 6.07) is 1.53. The fraction of sp³-hybridized carbons (Fsp3) is 0.455. The Morgan fingerprint density at radius 1 is 1.69 bits per heavy atom. The van der Waals surface area contributed by atoms with Crippen LogP contribution in [-0.4, -0.2) is 33.1 Å². The molecule has 1 aromatic rings. The van der Waals surface area contributed by atoms with Crippen LogP contribution in [0.15, 0.2) is 18.7 Å². The first-order valence-corrected chi connectivity index (χ1v) is 5.10. The van der Waals surface area contributed by atoms with Crippen LogP contribution in [0.4, 0.5) is 5.82 Å². The molecule has 1 aromatic heterocycles. The van der Waals surface area contributed by atoms with Gasteiger partial charge in [-0.05, 0) is 20.8 Å². The van der Waals surface area contributed by atoms with Crippen molar-refractivity contribution in [1.29, 1.82) is 0 Å². The lowest BCUT2D eigenvalue weighted by Crippen LogP contribution is -2.45. The van der Waals surface area contributed by atoms with Gasteiger partial charge in [-0.15, -0.1) is 6.58 Å². The number of carbonyl (C=O) groups is 1. The molecule has 0 unspecified atom stereocenters. The molecule has 0 spiro atoms. The zero-order chi connectivity index (χ0) is 12.3. The number of hydrogen-bond donors (Lipinski definition) is 2. The van der Waals surface area contributed by atoms with Crippen molar-refractivity contribution in [2.75, 3.05) is 12.3 Å².